The molecule has 2 aromatic rings. The molecule has 0 fully saturated rings. The van der Waals surface area contributed by atoms with Gasteiger partial charge in [0.1, 0.15) is 22.9 Å². The van der Waals surface area contributed by atoms with Crippen LogP contribution in [0.3, 0.4) is 0 Å². The van der Waals surface area contributed by atoms with E-state index in [1.54, 1.807) is 50.6 Å². The summed E-state index contributed by atoms with van der Waals surface area (Å²) in [4.78, 5) is 23.5. The third-order valence-corrected chi connectivity index (χ3v) is 3.51. The molecule has 0 aliphatic carbocycles. The maximum atomic E-state index is 11.7. The van der Waals surface area contributed by atoms with Crippen molar-refractivity contribution in [2.75, 3.05) is 0 Å². The van der Waals surface area contributed by atoms with Crippen LogP contribution in [0.2, 0.25) is 0 Å². The highest BCUT2D eigenvalue weighted by molar-refractivity contribution is 5.97. The van der Waals surface area contributed by atoms with Gasteiger partial charge >= 0.3 is 0 Å². The second-order valence-corrected chi connectivity index (χ2v) is 5.63. The summed E-state index contributed by atoms with van der Waals surface area (Å²) in [6, 6.07) is 7.03. The summed E-state index contributed by atoms with van der Waals surface area (Å²) >= 11 is 0. The van der Waals surface area contributed by atoms with Gasteiger partial charge in [0, 0.05) is 12.8 Å². The Balaban J connectivity index is 1.60. The van der Waals surface area contributed by atoms with Gasteiger partial charge in [0.15, 0.2) is 0 Å². The molecular weight excluding hydrogens is 336 g/mol. The Morgan fingerprint density at radius 2 is 1.27 bits per heavy atom. The third kappa shape index (κ3) is 6.39. The summed E-state index contributed by atoms with van der Waals surface area (Å²) in [5.41, 5.74) is 6.12. The molecule has 2 N–H and O–H groups in total. The van der Waals surface area contributed by atoms with E-state index in [4.69, 9.17) is 8.83 Å². The van der Waals surface area contributed by atoms with Crippen molar-refractivity contribution in [3.05, 3.63) is 48.3 Å². The van der Waals surface area contributed by atoms with Crippen LogP contribution in [0, 0.1) is 0 Å². The SMILES string of the molecule is C/C(=N\NC(=O)CCCCC(=O)N/N=C(\C)c1ccco1)c1ccco1. The van der Waals surface area contributed by atoms with E-state index < -0.39 is 0 Å². The van der Waals surface area contributed by atoms with Gasteiger partial charge in [-0.05, 0) is 51.0 Å². The fourth-order valence-electron chi connectivity index (χ4n) is 2.05. The van der Waals surface area contributed by atoms with Gasteiger partial charge in [0.25, 0.3) is 0 Å². The Kier molecular flexibility index (Phi) is 7.35. The first-order valence-electron chi connectivity index (χ1n) is 8.30. The predicted molar refractivity (Wildman–Crippen MR) is 96.6 cm³/mol. The van der Waals surface area contributed by atoms with Gasteiger partial charge in [-0.1, -0.05) is 0 Å². The molecular formula is C18H22N4O4. The van der Waals surface area contributed by atoms with Crippen LogP contribution in [0.1, 0.15) is 51.1 Å². The normalized spacial score (nSPS) is 12.1. The molecule has 0 spiro atoms. The minimum Gasteiger partial charge on any atom is -0.463 e. The molecule has 0 atom stereocenters. The molecule has 0 saturated heterocycles. The predicted octanol–water partition coefficient (Wildman–Crippen LogP) is 2.81. The molecule has 2 rings (SSSR count). The van der Waals surface area contributed by atoms with Crippen molar-refractivity contribution < 1.29 is 18.4 Å². The lowest BCUT2D eigenvalue weighted by Crippen LogP contribution is -2.20. The topological polar surface area (TPSA) is 109 Å². The molecule has 2 heterocycles. The first-order chi connectivity index (χ1) is 12.6. The highest BCUT2D eigenvalue weighted by Crippen LogP contribution is 2.04. The number of amides is 2. The molecule has 0 radical (unpaired) electrons. The Labute approximate surface area is 151 Å². The zero-order valence-corrected chi connectivity index (χ0v) is 14.8. The number of hydrogen-bond acceptors (Lipinski definition) is 6. The molecule has 0 unspecified atom stereocenters. The average Bonchev–Trinajstić information content (AvgIpc) is 3.34. The van der Waals surface area contributed by atoms with Crippen LogP contribution in [0.15, 0.2) is 55.8 Å². The minimum absolute atomic E-state index is 0.206. The van der Waals surface area contributed by atoms with E-state index in [0.29, 0.717) is 35.8 Å². The second kappa shape index (κ2) is 9.97. The zero-order valence-electron chi connectivity index (χ0n) is 14.8. The smallest absolute Gasteiger partial charge is 0.240 e. The van der Waals surface area contributed by atoms with Crippen LogP contribution in [-0.4, -0.2) is 23.2 Å². The van der Waals surface area contributed by atoms with Gasteiger partial charge in [-0.3, -0.25) is 9.59 Å². The van der Waals surface area contributed by atoms with Crippen LogP contribution in [0.5, 0.6) is 0 Å². The van der Waals surface area contributed by atoms with Crippen molar-refractivity contribution in [1.82, 2.24) is 10.9 Å². The Bertz CT molecular complexity index is 695. The van der Waals surface area contributed by atoms with Crippen LogP contribution in [0.25, 0.3) is 0 Å². The van der Waals surface area contributed by atoms with Gasteiger partial charge in [-0.25, -0.2) is 10.9 Å². The molecule has 138 valence electrons. The fraction of sp³-hybridized carbons (Fsp3) is 0.333. The van der Waals surface area contributed by atoms with Gasteiger partial charge in [-0.2, -0.15) is 10.2 Å². The molecule has 0 aliphatic rings. The number of carbonyl (C=O) groups is 2. The summed E-state index contributed by atoms with van der Waals surface area (Å²) in [6.07, 6.45) is 4.82. The van der Waals surface area contributed by atoms with Gasteiger partial charge < -0.3 is 8.83 Å². The molecule has 0 aromatic carbocycles. The summed E-state index contributed by atoms with van der Waals surface area (Å²) in [6.45, 7) is 3.49. The number of furan rings is 2. The van der Waals surface area contributed by atoms with E-state index in [1.165, 1.54) is 0 Å². The first-order valence-corrected chi connectivity index (χ1v) is 8.30. The zero-order chi connectivity index (χ0) is 18.8. The molecule has 2 amide bonds. The molecule has 8 nitrogen and oxygen atoms in total. The van der Waals surface area contributed by atoms with E-state index in [2.05, 4.69) is 21.1 Å². The third-order valence-electron chi connectivity index (χ3n) is 3.51. The maximum absolute atomic E-state index is 11.7. The average molecular weight is 358 g/mol. The van der Waals surface area contributed by atoms with E-state index >= 15 is 0 Å². The Morgan fingerprint density at radius 1 is 0.846 bits per heavy atom. The van der Waals surface area contributed by atoms with Crippen molar-refractivity contribution in [1.29, 1.82) is 0 Å². The Morgan fingerprint density at radius 3 is 1.62 bits per heavy atom. The largest absolute Gasteiger partial charge is 0.463 e. The summed E-state index contributed by atoms with van der Waals surface area (Å²) in [7, 11) is 0. The van der Waals surface area contributed by atoms with Crippen molar-refractivity contribution in [3.63, 3.8) is 0 Å². The number of hydrazone groups is 2. The van der Waals surface area contributed by atoms with Crippen LogP contribution in [-0.2, 0) is 9.59 Å². The molecule has 8 heteroatoms. The van der Waals surface area contributed by atoms with Crippen LogP contribution < -0.4 is 10.9 Å². The second-order valence-electron chi connectivity index (χ2n) is 5.63. The van der Waals surface area contributed by atoms with Crippen molar-refractivity contribution >= 4 is 23.2 Å². The number of nitrogens with zero attached hydrogens (tertiary/aromatic N) is 2. The monoisotopic (exact) mass is 358 g/mol. The lowest BCUT2D eigenvalue weighted by atomic mass is 10.2. The molecule has 0 aliphatic heterocycles. The summed E-state index contributed by atoms with van der Waals surface area (Å²) in [5.74, 6) is 0.797. The van der Waals surface area contributed by atoms with Crippen molar-refractivity contribution in [3.8, 4) is 0 Å². The van der Waals surface area contributed by atoms with E-state index in [-0.39, 0.29) is 24.7 Å². The standard InChI is InChI=1S/C18H22N4O4/c1-13(15-7-5-11-25-15)19-21-17(23)9-3-4-10-18(24)22-20-14(2)16-8-6-12-26-16/h5-8,11-12H,3-4,9-10H2,1-2H3,(H,21,23)(H,22,24)/b19-13+,20-14+. The number of rotatable bonds is 9. The van der Waals surface area contributed by atoms with Crippen molar-refractivity contribution in [2.24, 2.45) is 10.2 Å². The number of nitrogens with one attached hydrogen (secondary N) is 2. The van der Waals surface area contributed by atoms with Gasteiger partial charge in [-0.15, -0.1) is 0 Å². The summed E-state index contributed by atoms with van der Waals surface area (Å²) < 4.78 is 10.3. The van der Waals surface area contributed by atoms with Crippen molar-refractivity contribution in [2.45, 2.75) is 39.5 Å². The Hall–Kier alpha value is -3.16. The van der Waals surface area contributed by atoms with Gasteiger partial charge in [0.05, 0.1) is 12.5 Å². The minimum atomic E-state index is -0.206. The van der Waals surface area contributed by atoms with Crippen LogP contribution >= 0.6 is 0 Å². The summed E-state index contributed by atoms with van der Waals surface area (Å²) in [5, 5.41) is 7.94. The van der Waals surface area contributed by atoms with Gasteiger partial charge in [0.2, 0.25) is 11.8 Å². The quantitative estimate of drug-likeness (QED) is 0.408. The van der Waals surface area contributed by atoms with E-state index in [9.17, 15) is 9.59 Å². The van der Waals surface area contributed by atoms with E-state index in [0.717, 1.165) is 0 Å². The number of carbonyl (C=O) groups excluding carboxylic acids is 2. The molecule has 0 saturated carbocycles. The number of hydrogen-bond donors (Lipinski definition) is 2. The first kappa shape index (κ1) is 19.2. The molecule has 26 heavy (non-hydrogen) atoms. The lowest BCUT2D eigenvalue weighted by molar-refractivity contribution is -0.123. The molecule has 0 bridgehead atoms. The molecule has 2 aromatic heterocycles. The number of unbranched alkanes of at least 4 members (excludes halogenated alkanes) is 1. The van der Waals surface area contributed by atoms with E-state index in [1.807, 2.05) is 0 Å². The maximum Gasteiger partial charge on any atom is 0.240 e. The van der Waals surface area contributed by atoms with Crippen LogP contribution in [0.4, 0.5) is 0 Å². The lowest BCUT2D eigenvalue weighted by Gasteiger charge is -2.02. The highest BCUT2D eigenvalue weighted by atomic mass is 16.3. The fourth-order valence-corrected chi connectivity index (χ4v) is 2.05. The highest BCUT2D eigenvalue weighted by Gasteiger charge is 2.06.